The second-order valence-corrected chi connectivity index (χ2v) is 5.78. The molecule has 5 heteroatoms. The molecule has 2 rings (SSSR count). The molecule has 1 aromatic heterocycles. The fraction of sp³-hybridized carbons (Fsp3) is 0.286. The Balaban J connectivity index is 2.42. The molecule has 0 bridgehead atoms. The summed E-state index contributed by atoms with van der Waals surface area (Å²) in [6.45, 7) is 6.28. The number of benzene rings is 1. The van der Waals surface area contributed by atoms with Gasteiger partial charge in [0, 0.05) is 6.20 Å². The predicted molar refractivity (Wildman–Crippen MR) is 80.1 cm³/mol. The van der Waals surface area contributed by atoms with Crippen molar-refractivity contribution in [2.24, 2.45) is 0 Å². The molecule has 3 nitrogen and oxygen atoms in total. The Hall–Kier alpha value is -1.13. The van der Waals surface area contributed by atoms with E-state index in [0.29, 0.717) is 16.3 Å². The largest absolute Gasteiger partial charge is 0.437 e. The molecule has 0 aliphatic heterocycles. The first-order chi connectivity index (χ1) is 8.97. The average molecular weight is 342 g/mol. The van der Waals surface area contributed by atoms with E-state index in [1.807, 2.05) is 13.0 Å². The smallest absolute Gasteiger partial charge is 0.237 e. The van der Waals surface area contributed by atoms with Gasteiger partial charge >= 0.3 is 0 Å². The van der Waals surface area contributed by atoms with Crippen molar-refractivity contribution in [2.75, 3.05) is 0 Å². The van der Waals surface area contributed by atoms with E-state index in [1.165, 1.54) is 0 Å². The van der Waals surface area contributed by atoms with Crippen LogP contribution in [0, 0.1) is 6.92 Å². The summed E-state index contributed by atoms with van der Waals surface area (Å²) in [7, 11) is 0. The molecule has 1 aromatic carbocycles. The van der Waals surface area contributed by atoms with E-state index in [0.717, 1.165) is 16.9 Å². The average Bonchev–Trinajstić information content (AvgIpc) is 2.33. The fourth-order valence-electron chi connectivity index (χ4n) is 1.71. The molecule has 0 spiro atoms. The lowest BCUT2D eigenvalue weighted by atomic mass is 10.0. The number of nitrogens with zero attached hydrogens (tertiary/aromatic N) is 2. The fourth-order valence-corrected chi connectivity index (χ4v) is 2.11. The van der Waals surface area contributed by atoms with Crippen LogP contribution in [0.4, 0.5) is 0 Å². The second kappa shape index (κ2) is 5.88. The zero-order chi connectivity index (χ0) is 14.0. The maximum Gasteiger partial charge on any atom is 0.237 e. The molecule has 0 aliphatic rings. The summed E-state index contributed by atoms with van der Waals surface area (Å²) in [5.41, 5.74) is 2.27. The number of ether oxygens (including phenoxy) is 1. The second-order valence-electron chi connectivity index (χ2n) is 4.59. The molecule has 0 N–H and O–H groups in total. The van der Waals surface area contributed by atoms with Crippen molar-refractivity contribution >= 4 is 27.5 Å². The van der Waals surface area contributed by atoms with E-state index in [2.05, 4.69) is 51.9 Å². The van der Waals surface area contributed by atoms with Crippen LogP contribution in [-0.4, -0.2) is 9.97 Å². The maximum atomic E-state index is 5.88. The van der Waals surface area contributed by atoms with Gasteiger partial charge in [0.05, 0.1) is 4.47 Å². The summed E-state index contributed by atoms with van der Waals surface area (Å²) in [6.07, 6.45) is 1.58. The van der Waals surface area contributed by atoms with E-state index in [9.17, 15) is 0 Å². The molecule has 0 atom stereocenters. The number of hydrogen-bond donors (Lipinski definition) is 0. The summed E-state index contributed by atoms with van der Waals surface area (Å²) in [5.74, 6) is 1.59. The van der Waals surface area contributed by atoms with Gasteiger partial charge in [-0.25, -0.2) is 4.98 Å². The van der Waals surface area contributed by atoms with Gasteiger partial charge in [0.2, 0.25) is 11.2 Å². The quantitative estimate of drug-likeness (QED) is 0.727. The van der Waals surface area contributed by atoms with Crippen molar-refractivity contribution < 1.29 is 4.74 Å². The Bertz CT molecular complexity index is 602. The highest BCUT2D eigenvalue weighted by Gasteiger charge is 2.12. The highest BCUT2D eigenvalue weighted by Crippen LogP contribution is 2.33. The van der Waals surface area contributed by atoms with Crippen LogP contribution in [0.3, 0.4) is 0 Å². The van der Waals surface area contributed by atoms with Crippen LogP contribution in [0.2, 0.25) is 5.28 Å². The third-order valence-electron chi connectivity index (χ3n) is 2.68. The Kier molecular flexibility index (Phi) is 4.42. The van der Waals surface area contributed by atoms with Gasteiger partial charge in [-0.1, -0.05) is 26.0 Å². The Morgan fingerprint density at radius 2 is 2.05 bits per heavy atom. The minimum Gasteiger partial charge on any atom is -0.437 e. The van der Waals surface area contributed by atoms with Crippen molar-refractivity contribution in [1.82, 2.24) is 9.97 Å². The SMILES string of the molecule is Cc1ccc(C(C)C)c(Oc2nc(Cl)ncc2Br)c1. The maximum absolute atomic E-state index is 5.88. The van der Waals surface area contributed by atoms with Crippen LogP contribution < -0.4 is 4.74 Å². The van der Waals surface area contributed by atoms with Crippen LogP contribution >= 0.6 is 27.5 Å². The number of hydrogen-bond acceptors (Lipinski definition) is 3. The third kappa shape index (κ3) is 3.45. The van der Waals surface area contributed by atoms with Gasteiger partial charge < -0.3 is 4.74 Å². The zero-order valence-corrected chi connectivity index (χ0v) is 13.3. The van der Waals surface area contributed by atoms with Crippen molar-refractivity contribution in [3.05, 3.63) is 45.3 Å². The van der Waals surface area contributed by atoms with Gasteiger partial charge in [0.1, 0.15) is 5.75 Å². The molecule has 0 aliphatic carbocycles. The van der Waals surface area contributed by atoms with Crippen LogP contribution in [0.25, 0.3) is 0 Å². The minimum atomic E-state index is 0.164. The lowest BCUT2D eigenvalue weighted by Crippen LogP contribution is -1.97. The molecular weight excluding hydrogens is 328 g/mol. The Morgan fingerprint density at radius 3 is 2.74 bits per heavy atom. The van der Waals surface area contributed by atoms with Gasteiger partial charge in [0.15, 0.2) is 0 Å². The van der Waals surface area contributed by atoms with Gasteiger partial charge in [-0.05, 0) is 57.6 Å². The number of halogens is 2. The molecule has 0 amide bonds. The molecule has 0 saturated carbocycles. The number of aromatic nitrogens is 2. The molecule has 0 fully saturated rings. The van der Waals surface area contributed by atoms with E-state index < -0.39 is 0 Å². The highest BCUT2D eigenvalue weighted by atomic mass is 79.9. The molecular formula is C14H14BrClN2O. The van der Waals surface area contributed by atoms with E-state index in [1.54, 1.807) is 6.20 Å². The van der Waals surface area contributed by atoms with Gasteiger partial charge in [-0.2, -0.15) is 4.98 Å². The molecule has 0 unspecified atom stereocenters. The first-order valence-electron chi connectivity index (χ1n) is 5.94. The molecule has 0 saturated heterocycles. The van der Waals surface area contributed by atoms with Gasteiger partial charge in [0.25, 0.3) is 0 Å². The third-order valence-corrected chi connectivity index (χ3v) is 3.41. The van der Waals surface area contributed by atoms with Crippen molar-refractivity contribution in [1.29, 1.82) is 0 Å². The number of rotatable bonds is 3. The van der Waals surface area contributed by atoms with Crippen molar-refractivity contribution in [2.45, 2.75) is 26.7 Å². The van der Waals surface area contributed by atoms with Crippen molar-refractivity contribution in [3.8, 4) is 11.6 Å². The van der Waals surface area contributed by atoms with Crippen LogP contribution in [-0.2, 0) is 0 Å². The zero-order valence-electron chi connectivity index (χ0n) is 10.9. The first kappa shape index (κ1) is 14.3. The van der Waals surface area contributed by atoms with E-state index >= 15 is 0 Å². The van der Waals surface area contributed by atoms with Gasteiger partial charge in [-0.15, -0.1) is 0 Å². The van der Waals surface area contributed by atoms with Crippen LogP contribution in [0.1, 0.15) is 30.9 Å². The molecule has 1 heterocycles. The molecule has 19 heavy (non-hydrogen) atoms. The van der Waals surface area contributed by atoms with Crippen LogP contribution in [0.15, 0.2) is 28.9 Å². The summed E-state index contributed by atoms with van der Waals surface area (Å²) in [4.78, 5) is 7.97. The van der Waals surface area contributed by atoms with Crippen molar-refractivity contribution in [3.63, 3.8) is 0 Å². The highest BCUT2D eigenvalue weighted by molar-refractivity contribution is 9.10. The minimum absolute atomic E-state index is 0.164. The standard InChI is InChI=1S/C14H14BrClN2O/c1-8(2)10-5-4-9(3)6-12(10)19-13-11(15)7-17-14(16)18-13/h4-8H,1-3H3. The lowest BCUT2D eigenvalue weighted by Gasteiger charge is -2.14. The normalized spacial score (nSPS) is 10.8. The lowest BCUT2D eigenvalue weighted by molar-refractivity contribution is 0.449. The Labute approximate surface area is 126 Å². The summed E-state index contributed by atoms with van der Waals surface area (Å²) in [5, 5.41) is 0.164. The topological polar surface area (TPSA) is 35.0 Å². The van der Waals surface area contributed by atoms with E-state index in [4.69, 9.17) is 16.3 Å². The summed E-state index contributed by atoms with van der Waals surface area (Å²) in [6, 6.07) is 6.15. The Morgan fingerprint density at radius 1 is 1.32 bits per heavy atom. The monoisotopic (exact) mass is 340 g/mol. The summed E-state index contributed by atoms with van der Waals surface area (Å²) < 4.78 is 6.55. The predicted octanol–water partition coefficient (Wildman–Crippen LogP) is 5.12. The molecule has 0 radical (unpaired) electrons. The first-order valence-corrected chi connectivity index (χ1v) is 7.11. The van der Waals surface area contributed by atoms with Crippen LogP contribution in [0.5, 0.6) is 11.6 Å². The number of aryl methyl sites for hydroxylation is 1. The molecule has 2 aromatic rings. The summed E-state index contributed by atoms with van der Waals surface area (Å²) >= 11 is 9.15. The van der Waals surface area contributed by atoms with E-state index in [-0.39, 0.29) is 5.28 Å². The molecule has 100 valence electrons. The van der Waals surface area contributed by atoms with Gasteiger partial charge in [-0.3, -0.25) is 0 Å².